The minimum Gasteiger partial charge on any atom is -0.465 e. The van der Waals surface area contributed by atoms with Crippen molar-refractivity contribution in [3.63, 3.8) is 0 Å². The zero-order valence-corrected chi connectivity index (χ0v) is 11.4. The van der Waals surface area contributed by atoms with E-state index in [1.165, 1.54) is 6.92 Å². The number of rotatable bonds is 6. The van der Waals surface area contributed by atoms with E-state index in [0.717, 1.165) is 20.0 Å². The number of hydrogen-bond donors (Lipinski definition) is 0. The third-order valence-corrected chi connectivity index (χ3v) is 3.56. The van der Waals surface area contributed by atoms with Gasteiger partial charge in [0.05, 0.1) is 10.5 Å². The van der Waals surface area contributed by atoms with E-state index in [-0.39, 0.29) is 0 Å². The van der Waals surface area contributed by atoms with Crippen LogP contribution in [0.5, 0.6) is 0 Å². The molecular weight excluding hydrogens is 317 g/mol. The molecule has 0 N–H and O–H groups in total. The molecule has 0 saturated carbocycles. The number of carbonyl (C=O) groups excluding carboxylic acids is 1. The summed E-state index contributed by atoms with van der Waals surface area (Å²) >= 11 is 1.65. The Labute approximate surface area is 103 Å². The van der Waals surface area contributed by atoms with Crippen molar-refractivity contribution in [3.05, 3.63) is 0 Å². The van der Waals surface area contributed by atoms with Gasteiger partial charge in [-0.15, -0.1) is 0 Å². The van der Waals surface area contributed by atoms with Crippen LogP contribution in [0.2, 0.25) is 0 Å². The molecule has 5 heteroatoms. The Kier molecular flexibility index (Phi) is 5.98. The van der Waals surface area contributed by atoms with E-state index in [2.05, 4.69) is 4.74 Å². The average molecular weight is 334 g/mol. The summed E-state index contributed by atoms with van der Waals surface area (Å²) in [4.78, 5) is 10.9. The lowest BCUT2D eigenvalue weighted by atomic mass is 9.96. The van der Waals surface area contributed by atoms with Crippen molar-refractivity contribution in [3.8, 4) is 0 Å². The number of methoxy groups -OCH3 is 1. The summed E-state index contributed by atoms with van der Waals surface area (Å²) < 4.78 is 29.8. The summed E-state index contributed by atoms with van der Waals surface area (Å²) in [5, 5.41) is 0. The van der Waals surface area contributed by atoms with Gasteiger partial charge in [-0.1, -0.05) is 48.8 Å². The zero-order valence-electron chi connectivity index (χ0n) is 9.28. The molecule has 1 atom stereocenters. The molecule has 0 spiro atoms. The Hall–Kier alpha value is 0.0600. The topological polar surface area (TPSA) is 26.3 Å². The van der Waals surface area contributed by atoms with Crippen LogP contribution in [-0.2, 0) is 9.53 Å². The SMILES string of the molecule is CCCCCC(C)(I)C(F)(F)C(=O)OC. The lowest BCUT2D eigenvalue weighted by Crippen LogP contribution is -2.47. The first kappa shape index (κ1) is 15.1. The number of carbonyl (C=O) groups is 1. The van der Waals surface area contributed by atoms with Gasteiger partial charge < -0.3 is 4.74 Å². The van der Waals surface area contributed by atoms with E-state index < -0.39 is 15.3 Å². The van der Waals surface area contributed by atoms with Crippen LogP contribution in [0.1, 0.15) is 39.5 Å². The normalized spacial score (nSPS) is 15.9. The van der Waals surface area contributed by atoms with Gasteiger partial charge in [-0.05, 0) is 13.3 Å². The first-order valence-corrected chi connectivity index (χ1v) is 6.02. The van der Waals surface area contributed by atoms with Crippen LogP contribution >= 0.6 is 22.6 Å². The Morgan fingerprint density at radius 2 is 1.93 bits per heavy atom. The van der Waals surface area contributed by atoms with Crippen LogP contribution < -0.4 is 0 Å². The molecule has 0 aromatic rings. The molecule has 0 fully saturated rings. The molecular formula is C10H17F2IO2. The number of halogens is 3. The second-order valence-corrected chi connectivity index (χ2v) is 6.10. The fourth-order valence-corrected chi connectivity index (χ4v) is 1.81. The Morgan fingerprint density at radius 1 is 1.40 bits per heavy atom. The highest BCUT2D eigenvalue weighted by molar-refractivity contribution is 14.1. The molecule has 0 bridgehead atoms. The first-order chi connectivity index (χ1) is 6.79. The summed E-state index contributed by atoms with van der Waals surface area (Å²) in [5.41, 5.74) is 0. The fraction of sp³-hybridized carbons (Fsp3) is 0.900. The van der Waals surface area contributed by atoms with E-state index in [1.54, 1.807) is 22.6 Å². The van der Waals surface area contributed by atoms with Crippen molar-refractivity contribution in [2.75, 3.05) is 7.11 Å². The number of ether oxygens (including phenoxy) is 1. The van der Waals surface area contributed by atoms with Gasteiger partial charge in [0.1, 0.15) is 0 Å². The second kappa shape index (κ2) is 5.96. The zero-order chi connectivity index (χ0) is 12.1. The number of unbranched alkanes of at least 4 members (excludes halogenated alkanes) is 2. The van der Waals surface area contributed by atoms with Crippen LogP contribution in [0.3, 0.4) is 0 Å². The summed E-state index contributed by atoms with van der Waals surface area (Å²) in [6, 6.07) is 0. The number of alkyl halides is 3. The van der Waals surface area contributed by atoms with Gasteiger partial charge in [0.25, 0.3) is 0 Å². The van der Waals surface area contributed by atoms with Gasteiger partial charge >= 0.3 is 11.9 Å². The van der Waals surface area contributed by atoms with Gasteiger partial charge in [-0.25, -0.2) is 4.79 Å². The van der Waals surface area contributed by atoms with Crippen LogP contribution in [0.15, 0.2) is 0 Å². The molecule has 2 nitrogen and oxygen atoms in total. The minimum absolute atomic E-state index is 0.309. The monoisotopic (exact) mass is 334 g/mol. The van der Waals surface area contributed by atoms with E-state index in [1.807, 2.05) is 6.92 Å². The van der Waals surface area contributed by atoms with Gasteiger partial charge in [0.15, 0.2) is 0 Å². The molecule has 0 aliphatic heterocycles. The lowest BCUT2D eigenvalue weighted by Gasteiger charge is -2.29. The molecule has 0 aliphatic rings. The van der Waals surface area contributed by atoms with Gasteiger partial charge in [-0.3, -0.25) is 0 Å². The van der Waals surface area contributed by atoms with Gasteiger partial charge in [0.2, 0.25) is 0 Å². The second-order valence-electron chi connectivity index (χ2n) is 3.72. The maximum atomic E-state index is 13.5. The van der Waals surface area contributed by atoms with Crippen molar-refractivity contribution in [1.82, 2.24) is 0 Å². The summed E-state index contributed by atoms with van der Waals surface area (Å²) in [6.45, 7) is 3.39. The third kappa shape index (κ3) is 3.85. The molecule has 90 valence electrons. The van der Waals surface area contributed by atoms with Crippen molar-refractivity contribution in [2.45, 2.75) is 48.9 Å². The van der Waals surface area contributed by atoms with Crippen LogP contribution in [-0.4, -0.2) is 22.4 Å². The highest BCUT2D eigenvalue weighted by atomic mass is 127. The fourth-order valence-electron chi connectivity index (χ4n) is 1.20. The van der Waals surface area contributed by atoms with Crippen LogP contribution in [0.4, 0.5) is 8.78 Å². The van der Waals surface area contributed by atoms with E-state index >= 15 is 0 Å². The molecule has 0 aromatic carbocycles. The maximum absolute atomic E-state index is 13.5. The van der Waals surface area contributed by atoms with Crippen molar-refractivity contribution >= 4 is 28.6 Å². The highest BCUT2D eigenvalue weighted by Gasteiger charge is 2.55. The van der Waals surface area contributed by atoms with E-state index in [0.29, 0.717) is 12.8 Å². The maximum Gasteiger partial charge on any atom is 0.378 e. The molecule has 1 unspecified atom stereocenters. The minimum atomic E-state index is -3.42. The largest absolute Gasteiger partial charge is 0.465 e. The summed E-state index contributed by atoms with van der Waals surface area (Å²) in [7, 11) is 0.981. The molecule has 0 radical (unpaired) electrons. The molecule has 0 amide bonds. The Morgan fingerprint density at radius 3 is 2.33 bits per heavy atom. The summed E-state index contributed by atoms with van der Waals surface area (Å²) in [5.74, 6) is -4.87. The van der Waals surface area contributed by atoms with Crippen molar-refractivity contribution < 1.29 is 18.3 Å². The van der Waals surface area contributed by atoms with Crippen LogP contribution in [0, 0.1) is 0 Å². The quantitative estimate of drug-likeness (QED) is 0.321. The Bertz CT molecular complexity index is 217. The predicted molar refractivity (Wildman–Crippen MR) is 63.5 cm³/mol. The van der Waals surface area contributed by atoms with E-state index in [4.69, 9.17) is 0 Å². The molecule has 0 rings (SSSR count). The van der Waals surface area contributed by atoms with E-state index in [9.17, 15) is 13.6 Å². The van der Waals surface area contributed by atoms with Crippen molar-refractivity contribution in [1.29, 1.82) is 0 Å². The molecule has 0 heterocycles. The molecule has 15 heavy (non-hydrogen) atoms. The average Bonchev–Trinajstić information content (AvgIpc) is 2.16. The highest BCUT2D eigenvalue weighted by Crippen LogP contribution is 2.41. The summed E-state index contributed by atoms with van der Waals surface area (Å²) in [6.07, 6.45) is 2.87. The van der Waals surface area contributed by atoms with Crippen molar-refractivity contribution in [2.24, 2.45) is 0 Å². The predicted octanol–water partition coefficient (Wildman–Crippen LogP) is 3.57. The van der Waals surface area contributed by atoms with Crippen LogP contribution in [0.25, 0.3) is 0 Å². The molecule has 0 aliphatic carbocycles. The standard InChI is InChI=1S/C10H17F2IO2/c1-4-5-6-7-9(2,13)10(11,12)8(14)15-3/h4-7H2,1-3H3. The van der Waals surface area contributed by atoms with Gasteiger partial charge in [0, 0.05) is 0 Å². The lowest BCUT2D eigenvalue weighted by molar-refractivity contribution is -0.172. The molecule has 0 saturated heterocycles. The van der Waals surface area contributed by atoms with Gasteiger partial charge in [-0.2, -0.15) is 8.78 Å². The Balaban J connectivity index is 4.47. The molecule has 0 aromatic heterocycles. The first-order valence-electron chi connectivity index (χ1n) is 4.94. The number of hydrogen-bond acceptors (Lipinski definition) is 2. The third-order valence-electron chi connectivity index (χ3n) is 2.35. The smallest absolute Gasteiger partial charge is 0.378 e. The number of esters is 1.